The van der Waals surface area contributed by atoms with E-state index in [2.05, 4.69) is 39.9 Å². The van der Waals surface area contributed by atoms with Crippen LogP contribution in [0.15, 0.2) is 35.4 Å². The topological polar surface area (TPSA) is 92.5 Å². The van der Waals surface area contributed by atoms with Crippen LogP contribution in [0.4, 0.5) is 5.69 Å². The lowest BCUT2D eigenvalue weighted by Crippen LogP contribution is -2.58. The molecule has 0 saturated heterocycles. The molecule has 1 amide bonds. The summed E-state index contributed by atoms with van der Waals surface area (Å²) in [4.78, 5) is 23.5. The Morgan fingerprint density at radius 2 is 1.68 bits per heavy atom. The second kappa shape index (κ2) is 6.89. The minimum Gasteiger partial charge on any atom is -0.385 e. The van der Waals surface area contributed by atoms with Crippen LogP contribution in [-0.2, 0) is 0 Å². The maximum absolute atomic E-state index is 13.1. The Hall–Kier alpha value is -2.21. The number of aliphatic hydroxyl groups is 1. The molecule has 1 aromatic rings. The summed E-state index contributed by atoms with van der Waals surface area (Å²) < 4.78 is 0. The normalized spacial score (nSPS) is 33.4. The summed E-state index contributed by atoms with van der Waals surface area (Å²) in [5.41, 5.74) is 1.96. The summed E-state index contributed by atoms with van der Waals surface area (Å²) in [6.07, 6.45) is 5.24. The number of nitro benzene ring substituents is 1. The van der Waals surface area contributed by atoms with Gasteiger partial charge in [-0.15, -0.1) is 0 Å². The van der Waals surface area contributed by atoms with E-state index in [0.717, 1.165) is 37.7 Å². The maximum Gasteiger partial charge on any atom is 0.269 e. The number of hydrogen-bond acceptors (Lipinski definition) is 4. The Labute approximate surface area is 184 Å². The van der Waals surface area contributed by atoms with Gasteiger partial charge in [-0.05, 0) is 72.5 Å². The molecular weight excluding hydrogens is 392 g/mol. The SMILES string of the molecule is CC1(C)CC2=C(C(NC(=O)c3ccc([N+](=O)[O-])cc3)C1)C1(O)CC(C)(C)CC(C)(C2)C1. The van der Waals surface area contributed by atoms with Crippen molar-refractivity contribution in [3.63, 3.8) is 0 Å². The summed E-state index contributed by atoms with van der Waals surface area (Å²) in [5, 5.41) is 26.0. The molecule has 3 atom stereocenters. The average molecular weight is 427 g/mol. The Morgan fingerprint density at radius 1 is 1.03 bits per heavy atom. The molecule has 6 heteroatoms. The standard InChI is InChI=1S/C25H34N2O4/c1-22(2)10-17-11-24(5)13-23(3,4)14-25(29,15-24)20(17)19(12-22)26-21(28)16-6-8-18(9-7-16)27(30)31/h6-9,19,29H,10-15H2,1-5H3,(H,26,28). The molecule has 3 aliphatic carbocycles. The van der Waals surface area contributed by atoms with Crippen molar-refractivity contribution in [2.24, 2.45) is 16.2 Å². The van der Waals surface area contributed by atoms with E-state index >= 15 is 0 Å². The van der Waals surface area contributed by atoms with Crippen LogP contribution in [0.2, 0.25) is 0 Å². The number of amides is 1. The number of hydrogen-bond donors (Lipinski definition) is 2. The van der Waals surface area contributed by atoms with Gasteiger partial charge in [0, 0.05) is 17.7 Å². The van der Waals surface area contributed by atoms with Gasteiger partial charge in [-0.1, -0.05) is 40.2 Å². The smallest absolute Gasteiger partial charge is 0.269 e. The minimum absolute atomic E-state index is 0.0279. The van der Waals surface area contributed by atoms with Crippen LogP contribution in [-0.4, -0.2) is 27.6 Å². The van der Waals surface area contributed by atoms with Gasteiger partial charge in [-0.25, -0.2) is 0 Å². The number of nitrogens with zero attached hydrogens (tertiary/aromatic N) is 1. The molecule has 1 aromatic carbocycles. The van der Waals surface area contributed by atoms with Gasteiger partial charge in [0.25, 0.3) is 11.6 Å². The number of non-ortho nitro benzene ring substituents is 1. The van der Waals surface area contributed by atoms with Crippen molar-refractivity contribution >= 4 is 11.6 Å². The van der Waals surface area contributed by atoms with E-state index in [-0.39, 0.29) is 33.9 Å². The van der Waals surface area contributed by atoms with Crippen LogP contribution in [0.3, 0.4) is 0 Å². The third-order valence-corrected chi connectivity index (χ3v) is 7.36. The molecule has 0 radical (unpaired) electrons. The molecule has 0 spiro atoms. The van der Waals surface area contributed by atoms with Crippen LogP contribution in [0.25, 0.3) is 0 Å². The predicted octanol–water partition coefficient (Wildman–Crippen LogP) is 5.16. The van der Waals surface area contributed by atoms with Crippen LogP contribution >= 0.6 is 0 Å². The van der Waals surface area contributed by atoms with Gasteiger partial charge in [0.2, 0.25) is 0 Å². The zero-order valence-corrected chi connectivity index (χ0v) is 19.2. The number of fused-ring (bicyclic) bond motifs is 3. The lowest BCUT2D eigenvalue weighted by atomic mass is 9.49. The van der Waals surface area contributed by atoms with E-state index in [1.165, 1.54) is 29.8 Å². The highest BCUT2D eigenvalue weighted by Crippen LogP contribution is 2.62. The Balaban J connectivity index is 1.68. The lowest BCUT2D eigenvalue weighted by Gasteiger charge is -2.59. The molecule has 3 aliphatic rings. The number of nitro groups is 1. The van der Waals surface area contributed by atoms with Crippen molar-refractivity contribution in [1.82, 2.24) is 5.32 Å². The van der Waals surface area contributed by atoms with Gasteiger partial charge in [0.1, 0.15) is 0 Å². The monoisotopic (exact) mass is 426 g/mol. The highest BCUT2D eigenvalue weighted by atomic mass is 16.6. The van der Waals surface area contributed by atoms with E-state index < -0.39 is 10.5 Å². The van der Waals surface area contributed by atoms with Gasteiger partial charge in [-0.2, -0.15) is 0 Å². The molecule has 6 nitrogen and oxygen atoms in total. The molecule has 0 aliphatic heterocycles. The van der Waals surface area contributed by atoms with Gasteiger partial charge >= 0.3 is 0 Å². The zero-order chi connectivity index (χ0) is 22.8. The first-order chi connectivity index (χ1) is 14.2. The molecule has 0 aromatic heterocycles. The Morgan fingerprint density at radius 3 is 2.29 bits per heavy atom. The third-order valence-electron chi connectivity index (χ3n) is 7.36. The summed E-state index contributed by atoms with van der Waals surface area (Å²) in [6, 6.07) is 5.46. The summed E-state index contributed by atoms with van der Waals surface area (Å²) in [7, 11) is 0. The number of nitrogens with one attached hydrogen (secondary N) is 1. The summed E-state index contributed by atoms with van der Waals surface area (Å²) in [6.45, 7) is 11.2. The Bertz CT molecular complexity index is 962. The lowest BCUT2D eigenvalue weighted by molar-refractivity contribution is -0.384. The van der Waals surface area contributed by atoms with Crippen LogP contribution in [0.5, 0.6) is 0 Å². The van der Waals surface area contributed by atoms with E-state index in [1.54, 1.807) is 0 Å². The first kappa shape index (κ1) is 22.0. The van der Waals surface area contributed by atoms with E-state index in [4.69, 9.17) is 0 Å². The number of rotatable bonds is 3. The highest BCUT2D eigenvalue weighted by Gasteiger charge is 2.57. The van der Waals surface area contributed by atoms with Gasteiger partial charge in [0.05, 0.1) is 16.6 Å². The molecule has 168 valence electrons. The molecule has 31 heavy (non-hydrogen) atoms. The largest absolute Gasteiger partial charge is 0.385 e. The van der Waals surface area contributed by atoms with Gasteiger partial charge < -0.3 is 10.4 Å². The molecule has 3 unspecified atom stereocenters. The first-order valence-electron chi connectivity index (χ1n) is 11.2. The quantitative estimate of drug-likeness (QED) is 0.397. The van der Waals surface area contributed by atoms with Crippen molar-refractivity contribution in [2.45, 2.75) is 84.8 Å². The Kier molecular flexibility index (Phi) is 4.89. The zero-order valence-electron chi connectivity index (χ0n) is 19.2. The fourth-order valence-electron chi connectivity index (χ4n) is 7.23. The number of allylic oxidation sites excluding steroid dienone is 1. The number of carbonyl (C=O) groups is 1. The van der Waals surface area contributed by atoms with E-state index in [9.17, 15) is 20.0 Å². The van der Waals surface area contributed by atoms with Crippen molar-refractivity contribution in [3.8, 4) is 0 Å². The van der Waals surface area contributed by atoms with Crippen LogP contribution < -0.4 is 5.32 Å². The predicted molar refractivity (Wildman–Crippen MR) is 120 cm³/mol. The fourth-order valence-corrected chi connectivity index (χ4v) is 7.23. The fraction of sp³-hybridized carbons (Fsp3) is 0.640. The molecular formula is C25H34N2O4. The van der Waals surface area contributed by atoms with E-state index in [0.29, 0.717) is 12.0 Å². The highest BCUT2D eigenvalue weighted by molar-refractivity contribution is 5.94. The van der Waals surface area contributed by atoms with Crippen molar-refractivity contribution in [2.75, 3.05) is 0 Å². The maximum atomic E-state index is 13.1. The summed E-state index contributed by atoms with van der Waals surface area (Å²) in [5.74, 6) is -0.253. The molecule has 0 heterocycles. The van der Waals surface area contributed by atoms with Crippen molar-refractivity contribution in [3.05, 3.63) is 51.1 Å². The second-order valence-corrected chi connectivity index (χ2v) is 12.1. The molecule has 1 fully saturated rings. The minimum atomic E-state index is -0.895. The van der Waals surface area contributed by atoms with Crippen LogP contribution in [0, 0.1) is 26.4 Å². The van der Waals surface area contributed by atoms with Gasteiger partial charge in [-0.3, -0.25) is 14.9 Å². The van der Waals surface area contributed by atoms with Crippen molar-refractivity contribution < 1.29 is 14.8 Å². The number of carbonyl (C=O) groups excluding carboxylic acids is 1. The van der Waals surface area contributed by atoms with E-state index in [1.807, 2.05) is 0 Å². The first-order valence-corrected chi connectivity index (χ1v) is 11.2. The molecule has 4 rings (SSSR count). The second-order valence-electron chi connectivity index (χ2n) is 12.1. The van der Waals surface area contributed by atoms with Crippen molar-refractivity contribution in [1.29, 1.82) is 0 Å². The number of benzene rings is 1. The average Bonchev–Trinajstić information content (AvgIpc) is 2.56. The molecule has 2 N–H and O–H groups in total. The van der Waals surface area contributed by atoms with Gasteiger partial charge in [0.15, 0.2) is 0 Å². The summed E-state index contributed by atoms with van der Waals surface area (Å²) >= 11 is 0. The molecule has 2 bridgehead atoms. The molecule has 1 saturated carbocycles. The third kappa shape index (κ3) is 4.14. The van der Waals surface area contributed by atoms with Crippen LogP contribution in [0.1, 0.15) is 83.5 Å².